The van der Waals surface area contributed by atoms with Crippen LogP contribution in [0.25, 0.3) is 5.57 Å². The predicted molar refractivity (Wildman–Crippen MR) is 79.9 cm³/mol. The third kappa shape index (κ3) is 2.21. The van der Waals surface area contributed by atoms with Gasteiger partial charge in [0.1, 0.15) is 5.75 Å². The van der Waals surface area contributed by atoms with Crippen molar-refractivity contribution in [1.82, 2.24) is 0 Å². The molecule has 1 heterocycles. The largest absolute Gasteiger partial charge is 0.495 e. The molecule has 0 atom stereocenters. The minimum absolute atomic E-state index is 0.337. The molecule has 4 heteroatoms. The van der Waals surface area contributed by atoms with Crippen LogP contribution in [0.4, 0.5) is 5.69 Å². The number of rotatable bonds is 3. The molecule has 0 saturated carbocycles. The van der Waals surface area contributed by atoms with Crippen molar-refractivity contribution in [2.75, 3.05) is 12.0 Å². The predicted octanol–water partition coefficient (Wildman–Crippen LogP) is 2.65. The Hall–Kier alpha value is -2.88. The van der Waals surface area contributed by atoms with Crippen LogP contribution >= 0.6 is 0 Å². The molecule has 1 aliphatic heterocycles. The zero-order valence-electron chi connectivity index (χ0n) is 11.4. The molecule has 0 unspecified atom stereocenters. The highest BCUT2D eigenvalue weighted by molar-refractivity contribution is 6.43. The van der Waals surface area contributed by atoms with E-state index in [-0.39, 0.29) is 11.8 Å². The molecule has 0 N–H and O–H groups in total. The van der Waals surface area contributed by atoms with Crippen molar-refractivity contribution < 1.29 is 14.3 Å². The number of ether oxygens (including phenoxy) is 1. The fourth-order valence-electron chi connectivity index (χ4n) is 2.34. The lowest BCUT2D eigenvalue weighted by molar-refractivity contribution is -0.119. The second-order valence-corrected chi connectivity index (χ2v) is 4.57. The molecule has 0 saturated heterocycles. The van der Waals surface area contributed by atoms with Gasteiger partial charge >= 0.3 is 0 Å². The van der Waals surface area contributed by atoms with Crippen LogP contribution in [0.15, 0.2) is 60.7 Å². The molecular weight excluding hydrogens is 266 g/mol. The van der Waals surface area contributed by atoms with Crippen LogP contribution in [-0.4, -0.2) is 18.9 Å². The van der Waals surface area contributed by atoms with Crippen LogP contribution in [0, 0.1) is 0 Å². The molecule has 0 bridgehead atoms. The first-order chi connectivity index (χ1) is 10.2. The molecule has 0 aliphatic carbocycles. The maximum Gasteiger partial charge on any atom is 0.266 e. The number of hydrogen-bond donors (Lipinski definition) is 0. The summed E-state index contributed by atoms with van der Waals surface area (Å²) in [6.07, 6.45) is 1.37. The Morgan fingerprint density at radius 3 is 2.29 bits per heavy atom. The number of carbonyl (C=O) groups excluding carboxylic acids is 2. The second kappa shape index (κ2) is 5.25. The first kappa shape index (κ1) is 13.1. The molecule has 0 spiro atoms. The number of nitrogens with zero attached hydrogens (tertiary/aromatic N) is 1. The molecule has 3 rings (SSSR count). The van der Waals surface area contributed by atoms with Crippen LogP contribution in [0.5, 0.6) is 5.75 Å². The third-order valence-electron chi connectivity index (χ3n) is 3.33. The Morgan fingerprint density at radius 2 is 1.57 bits per heavy atom. The molecule has 2 aromatic rings. The standard InChI is InChI=1S/C17H13NO3/c1-21-15-10-6-5-9-14(15)18-16(19)11-13(17(18)20)12-7-3-2-4-8-12/h2-11H,1H3. The number of benzene rings is 2. The Kier molecular flexibility index (Phi) is 3.28. The van der Waals surface area contributed by atoms with Crippen molar-refractivity contribution in [3.05, 3.63) is 66.2 Å². The summed E-state index contributed by atoms with van der Waals surface area (Å²) >= 11 is 0. The minimum Gasteiger partial charge on any atom is -0.495 e. The minimum atomic E-state index is -0.358. The number of hydrogen-bond acceptors (Lipinski definition) is 3. The van der Waals surface area contributed by atoms with Crippen molar-refractivity contribution >= 4 is 23.1 Å². The lowest BCUT2D eigenvalue weighted by Gasteiger charge is -2.17. The average molecular weight is 279 g/mol. The Balaban J connectivity index is 2.02. The monoisotopic (exact) mass is 279 g/mol. The van der Waals surface area contributed by atoms with Crippen molar-refractivity contribution in [3.8, 4) is 5.75 Å². The van der Waals surface area contributed by atoms with Gasteiger partial charge in [-0.15, -0.1) is 0 Å². The first-order valence-electron chi connectivity index (χ1n) is 6.51. The van der Waals surface area contributed by atoms with E-state index in [2.05, 4.69) is 0 Å². The van der Waals surface area contributed by atoms with Crippen LogP contribution in [0.2, 0.25) is 0 Å². The summed E-state index contributed by atoms with van der Waals surface area (Å²) in [5, 5.41) is 0. The molecule has 1 aliphatic rings. The van der Waals surface area contributed by atoms with E-state index in [0.717, 1.165) is 10.5 Å². The maximum absolute atomic E-state index is 12.6. The number of anilines is 1. The van der Waals surface area contributed by atoms with Gasteiger partial charge in [0.2, 0.25) is 0 Å². The van der Waals surface area contributed by atoms with Crippen molar-refractivity contribution in [2.45, 2.75) is 0 Å². The Bertz CT molecular complexity index is 735. The first-order valence-corrected chi connectivity index (χ1v) is 6.51. The lowest BCUT2D eigenvalue weighted by atomic mass is 10.1. The van der Waals surface area contributed by atoms with Crippen LogP contribution in [0.3, 0.4) is 0 Å². The molecule has 21 heavy (non-hydrogen) atoms. The summed E-state index contributed by atoms with van der Waals surface area (Å²) < 4.78 is 5.23. The summed E-state index contributed by atoms with van der Waals surface area (Å²) in [6.45, 7) is 0. The lowest BCUT2D eigenvalue weighted by Crippen LogP contribution is -2.30. The highest BCUT2D eigenvalue weighted by Crippen LogP contribution is 2.33. The molecule has 2 aromatic carbocycles. The molecule has 104 valence electrons. The highest BCUT2D eigenvalue weighted by Gasteiger charge is 2.34. The van der Waals surface area contributed by atoms with Gasteiger partial charge in [0.15, 0.2) is 0 Å². The summed E-state index contributed by atoms with van der Waals surface area (Å²) in [4.78, 5) is 25.9. The smallest absolute Gasteiger partial charge is 0.266 e. The van der Waals surface area contributed by atoms with Crippen LogP contribution in [-0.2, 0) is 9.59 Å². The fourth-order valence-corrected chi connectivity index (χ4v) is 2.34. The van der Waals surface area contributed by atoms with Gasteiger partial charge in [-0.1, -0.05) is 42.5 Å². The van der Waals surface area contributed by atoms with E-state index in [9.17, 15) is 9.59 Å². The number of methoxy groups -OCH3 is 1. The zero-order valence-corrected chi connectivity index (χ0v) is 11.4. The molecule has 0 aromatic heterocycles. The fraction of sp³-hybridized carbons (Fsp3) is 0.0588. The summed E-state index contributed by atoms with van der Waals surface area (Å²) in [7, 11) is 1.51. The normalized spacial score (nSPS) is 14.3. The number of imide groups is 1. The second-order valence-electron chi connectivity index (χ2n) is 4.57. The van der Waals surface area contributed by atoms with Crippen molar-refractivity contribution in [3.63, 3.8) is 0 Å². The topological polar surface area (TPSA) is 46.6 Å². The van der Waals surface area contributed by atoms with E-state index in [1.165, 1.54) is 13.2 Å². The quantitative estimate of drug-likeness (QED) is 0.811. The number of para-hydroxylation sites is 2. The van der Waals surface area contributed by atoms with Gasteiger partial charge in [-0.3, -0.25) is 9.59 Å². The summed E-state index contributed by atoms with van der Waals surface area (Å²) in [6, 6.07) is 16.1. The van der Waals surface area contributed by atoms with Gasteiger partial charge in [0, 0.05) is 6.08 Å². The molecule has 0 radical (unpaired) electrons. The van der Waals surface area contributed by atoms with E-state index in [4.69, 9.17) is 4.74 Å². The van der Waals surface area contributed by atoms with E-state index in [1.54, 1.807) is 24.3 Å². The number of carbonyl (C=O) groups is 2. The van der Waals surface area contributed by atoms with E-state index in [0.29, 0.717) is 17.0 Å². The van der Waals surface area contributed by atoms with Gasteiger partial charge in [0.05, 0.1) is 18.4 Å². The van der Waals surface area contributed by atoms with Gasteiger partial charge in [-0.05, 0) is 17.7 Å². The summed E-state index contributed by atoms with van der Waals surface area (Å²) in [5.41, 5.74) is 1.58. The van der Waals surface area contributed by atoms with Crippen molar-refractivity contribution in [1.29, 1.82) is 0 Å². The molecular formula is C17H13NO3. The highest BCUT2D eigenvalue weighted by atomic mass is 16.5. The van der Waals surface area contributed by atoms with E-state index < -0.39 is 0 Å². The van der Waals surface area contributed by atoms with Crippen molar-refractivity contribution in [2.24, 2.45) is 0 Å². The third-order valence-corrected chi connectivity index (χ3v) is 3.33. The van der Waals surface area contributed by atoms with Gasteiger partial charge in [-0.2, -0.15) is 0 Å². The van der Waals surface area contributed by atoms with Gasteiger partial charge < -0.3 is 4.74 Å². The SMILES string of the molecule is COc1ccccc1N1C(=O)C=C(c2ccccc2)C1=O. The maximum atomic E-state index is 12.6. The summed E-state index contributed by atoms with van der Waals surface area (Å²) in [5.74, 6) is -0.207. The van der Waals surface area contributed by atoms with E-state index in [1.807, 2.05) is 30.3 Å². The van der Waals surface area contributed by atoms with Gasteiger partial charge in [0.25, 0.3) is 11.8 Å². The van der Waals surface area contributed by atoms with E-state index >= 15 is 0 Å². The van der Waals surface area contributed by atoms with Crippen LogP contribution in [0.1, 0.15) is 5.56 Å². The Morgan fingerprint density at radius 1 is 0.905 bits per heavy atom. The Labute approximate surface area is 122 Å². The molecule has 4 nitrogen and oxygen atoms in total. The molecule has 0 fully saturated rings. The molecule has 2 amide bonds. The number of amides is 2. The van der Waals surface area contributed by atoms with Gasteiger partial charge in [-0.25, -0.2) is 4.90 Å². The average Bonchev–Trinajstić information content (AvgIpc) is 2.83. The zero-order chi connectivity index (χ0) is 14.8. The van der Waals surface area contributed by atoms with Crippen LogP contribution < -0.4 is 9.64 Å².